The van der Waals surface area contributed by atoms with E-state index in [0.29, 0.717) is 11.3 Å². The fourth-order valence-electron chi connectivity index (χ4n) is 2.96. The van der Waals surface area contributed by atoms with Crippen LogP contribution in [-0.2, 0) is 14.8 Å². The maximum atomic E-state index is 12.5. The number of rotatable bonds is 4. The Bertz CT molecular complexity index is 1090. The third kappa shape index (κ3) is 3.14. The average molecular weight is 368 g/mol. The molecule has 4 rings (SSSR count). The molecule has 3 aromatic rings. The van der Waals surface area contributed by atoms with Crippen molar-refractivity contribution in [3.63, 3.8) is 0 Å². The number of anilines is 1. The molecule has 0 amide bonds. The Hall–Kier alpha value is -2.89. The number of sulfonamides is 1. The number of nitrogens with zero attached hydrogens (tertiary/aromatic N) is 2. The monoisotopic (exact) mass is 368 g/mol. The van der Waals surface area contributed by atoms with E-state index in [-0.39, 0.29) is 11.0 Å². The second kappa shape index (κ2) is 6.44. The molecule has 1 aliphatic rings. The number of ether oxygens (including phenoxy) is 1. The Labute approximate surface area is 150 Å². The van der Waals surface area contributed by atoms with Crippen molar-refractivity contribution in [1.82, 2.24) is 9.97 Å². The van der Waals surface area contributed by atoms with Gasteiger partial charge in [0.15, 0.2) is 0 Å². The van der Waals surface area contributed by atoms with E-state index in [4.69, 9.17) is 10.00 Å². The molecule has 1 aliphatic heterocycles. The molecule has 0 radical (unpaired) electrons. The summed E-state index contributed by atoms with van der Waals surface area (Å²) in [5.74, 6) is 0.768. The van der Waals surface area contributed by atoms with Crippen molar-refractivity contribution in [2.45, 2.75) is 23.8 Å². The number of H-pyrrole nitrogens is 1. The molecule has 1 atom stereocenters. The minimum atomic E-state index is -3.73. The van der Waals surface area contributed by atoms with Crippen LogP contribution in [0.1, 0.15) is 30.3 Å². The highest BCUT2D eigenvalue weighted by Crippen LogP contribution is 2.29. The third-order valence-electron chi connectivity index (χ3n) is 4.28. The first kappa shape index (κ1) is 16.6. The summed E-state index contributed by atoms with van der Waals surface area (Å²) in [6.07, 6.45) is 1.91. The van der Waals surface area contributed by atoms with Crippen molar-refractivity contribution in [3.05, 3.63) is 53.9 Å². The molecule has 0 aliphatic carbocycles. The Balaban J connectivity index is 1.60. The molecule has 2 N–H and O–H groups in total. The van der Waals surface area contributed by atoms with Crippen LogP contribution in [0.2, 0.25) is 0 Å². The van der Waals surface area contributed by atoms with Crippen LogP contribution in [0, 0.1) is 11.3 Å². The molecule has 7 nitrogen and oxygen atoms in total. The minimum Gasteiger partial charge on any atom is -0.370 e. The van der Waals surface area contributed by atoms with Gasteiger partial charge in [0.1, 0.15) is 11.9 Å². The normalized spacial score (nSPS) is 17.3. The second-order valence-corrected chi connectivity index (χ2v) is 7.78. The van der Waals surface area contributed by atoms with E-state index in [9.17, 15) is 8.42 Å². The van der Waals surface area contributed by atoms with Gasteiger partial charge in [-0.2, -0.15) is 5.26 Å². The molecule has 1 fully saturated rings. The van der Waals surface area contributed by atoms with Gasteiger partial charge in [-0.15, -0.1) is 0 Å². The van der Waals surface area contributed by atoms with Gasteiger partial charge < -0.3 is 9.72 Å². The van der Waals surface area contributed by atoms with Crippen LogP contribution < -0.4 is 4.72 Å². The molecule has 0 bridgehead atoms. The molecule has 8 heteroatoms. The fourth-order valence-corrected chi connectivity index (χ4v) is 4.01. The Kier molecular flexibility index (Phi) is 4.11. The number of hydrogen-bond donors (Lipinski definition) is 2. The fraction of sp³-hybridized carbons (Fsp3) is 0.222. The van der Waals surface area contributed by atoms with Gasteiger partial charge in [-0.3, -0.25) is 4.72 Å². The SMILES string of the molecule is N#Cc1ccc(S(=O)(=O)Nc2ccc3nc(C4CCCO4)[nH]c3c2)cc1. The summed E-state index contributed by atoms with van der Waals surface area (Å²) in [6, 6.07) is 12.9. The van der Waals surface area contributed by atoms with Crippen molar-refractivity contribution in [2.75, 3.05) is 11.3 Å². The quantitative estimate of drug-likeness (QED) is 0.736. The zero-order chi connectivity index (χ0) is 18.1. The highest BCUT2D eigenvalue weighted by molar-refractivity contribution is 7.92. The maximum absolute atomic E-state index is 12.5. The number of benzene rings is 2. The topological polar surface area (TPSA) is 108 Å². The molecule has 0 saturated carbocycles. The van der Waals surface area contributed by atoms with Crippen LogP contribution in [0.25, 0.3) is 11.0 Å². The summed E-state index contributed by atoms with van der Waals surface area (Å²) >= 11 is 0. The standard InChI is InChI=1S/C18H16N4O3S/c19-11-12-3-6-14(7-4-12)26(23,24)22-13-5-8-15-16(10-13)21-18(20-15)17-2-1-9-25-17/h3-8,10,17,22H,1-2,9H2,(H,20,21). The van der Waals surface area contributed by atoms with Gasteiger partial charge >= 0.3 is 0 Å². The van der Waals surface area contributed by atoms with Gasteiger partial charge in [0.2, 0.25) is 0 Å². The summed E-state index contributed by atoms with van der Waals surface area (Å²) in [4.78, 5) is 7.83. The number of fused-ring (bicyclic) bond motifs is 1. The molecule has 1 aromatic heterocycles. The number of nitrogens with one attached hydrogen (secondary N) is 2. The largest absolute Gasteiger partial charge is 0.370 e. The zero-order valence-electron chi connectivity index (χ0n) is 13.8. The predicted molar refractivity (Wildman–Crippen MR) is 96.0 cm³/mol. The van der Waals surface area contributed by atoms with E-state index in [1.165, 1.54) is 24.3 Å². The molecular weight excluding hydrogens is 352 g/mol. The van der Waals surface area contributed by atoms with Gasteiger partial charge in [0.25, 0.3) is 10.0 Å². The van der Waals surface area contributed by atoms with E-state index in [1.54, 1.807) is 18.2 Å². The van der Waals surface area contributed by atoms with Crippen LogP contribution in [0.3, 0.4) is 0 Å². The molecule has 0 spiro atoms. The summed E-state index contributed by atoms with van der Waals surface area (Å²) < 4.78 is 33.2. The lowest BCUT2D eigenvalue weighted by atomic mass is 10.2. The summed E-state index contributed by atoms with van der Waals surface area (Å²) in [5.41, 5.74) is 2.35. The van der Waals surface area contributed by atoms with Crippen LogP contribution in [-0.4, -0.2) is 25.0 Å². The molecule has 2 heterocycles. The lowest BCUT2D eigenvalue weighted by Crippen LogP contribution is -2.12. The van der Waals surface area contributed by atoms with Crippen molar-refractivity contribution in [3.8, 4) is 6.07 Å². The minimum absolute atomic E-state index is 0.0267. The molecular formula is C18H16N4O3S. The van der Waals surface area contributed by atoms with E-state index >= 15 is 0 Å². The average Bonchev–Trinajstić information content (AvgIpc) is 3.30. The summed E-state index contributed by atoms with van der Waals surface area (Å²) in [7, 11) is -3.73. The molecule has 2 aromatic carbocycles. The highest BCUT2D eigenvalue weighted by Gasteiger charge is 2.21. The van der Waals surface area contributed by atoms with E-state index < -0.39 is 10.0 Å². The van der Waals surface area contributed by atoms with E-state index in [2.05, 4.69) is 14.7 Å². The molecule has 132 valence electrons. The smallest absolute Gasteiger partial charge is 0.261 e. The molecule has 1 saturated heterocycles. The van der Waals surface area contributed by atoms with Crippen LogP contribution in [0.5, 0.6) is 0 Å². The number of imidazole rings is 1. The third-order valence-corrected chi connectivity index (χ3v) is 5.68. The lowest BCUT2D eigenvalue weighted by Gasteiger charge is -2.08. The second-order valence-electron chi connectivity index (χ2n) is 6.10. The zero-order valence-corrected chi connectivity index (χ0v) is 14.6. The van der Waals surface area contributed by atoms with E-state index in [0.717, 1.165) is 36.3 Å². The first-order valence-electron chi connectivity index (χ1n) is 8.19. The molecule has 1 unspecified atom stereocenters. The van der Waals surface area contributed by atoms with Crippen molar-refractivity contribution < 1.29 is 13.2 Å². The van der Waals surface area contributed by atoms with Crippen LogP contribution >= 0.6 is 0 Å². The Morgan fingerprint density at radius 2 is 2.04 bits per heavy atom. The Morgan fingerprint density at radius 3 is 2.73 bits per heavy atom. The van der Waals surface area contributed by atoms with Gasteiger partial charge in [0.05, 0.1) is 33.2 Å². The van der Waals surface area contributed by atoms with Crippen LogP contribution in [0.15, 0.2) is 47.4 Å². The number of aromatic amines is 1. The highest BCUT2D eigenvalue weighted by atomic mass is 32.2. The summed E-state index contributed by atoms with van der Waals surface area (Å²) in [5, 5.41) is 8.81. The van der Waals surface area contributed by atoms with Crippen molar-refractivity contribution in [1.29, 1.82) is 5.26 Å². The number of hydrogen-bond acceptors (Lipinski definition) is 5. The van der Waals surface area contributed by atoms with Gasteiger partial charge in [-0.25, -0.2) is 13.4 Å². The predicted octanol–water partition coefficient (Wildman–Crippen LogP) is 3.09. The van der Waals surface area contributed by atoms with Gasteiger partial charge in [0, 0.05) is 6.61 Å². The van der Waals surface area contributed by atoms with Gasteiger partial charge in [-0.1, -0.05) is 0 Å². The van der Waals surface area contributed by atoms with Crippen molar-refractivity contribution >= 4 is 26.7 Å². The lowest BCUT2D eigenvalue weighted by molar-refractivity contribution is 0.106. The first-order valence-corrected chi connectivity index (χ1v) is 9.68. The van der Waals surface area contributed by atoms with Crippen LogP contribution in [0.4, 0.5) is 5.69 Å². The maximum Gasteiger partial charge on any atom is 0.261 e. The molecule has 26 heavy (non-hydrogen) atoms. The number of aromatic nitrogens is 2. The number of nitriles is 1. The van der Waals surface area contributed by atoms with E-state index in [1.807, 2.05) is 6.07 Å². The Morgan fingerprint density at radius 1 is 1.23 bits per heavy atom. The van der Waals surface area contributed by atoms with Crippen molar-refractivity contribution in [2.24, 2.45) is 0 Å². The summed E-state index contributed by atoms with van der Waals surface area (Å²) in [6.45, 7) is 0.733. The first-order chi connectivity index (χ1) is 12.5. The van der Waals surface area contributed by atoms with Gasteiger partial charge in [-0.05, 0) is 55.3 Å².